The van der Waals surface area contributed by atoms with Gasteiger partial charge in [0, 0.05) is 20.9 Å². The summed E-state index contributed by atoms with van der Waals surface area (Å²) in [6.07, 6.45) is 0. The molecule has 0 spiro atoms. The zero-order chi connectivity index (χ0) is 15.7. The van der Waals surface area contributed by atoms with E-state index in [1.54, 1.807) is 17.7 Å². The number of carbonyl (C=O) groups is 1. The van der Waals surface area contributed by atoms with Crippen LogP contribution in [0.5, 0.6) is 5.75 Å². The van der Waals surface area contributed by atoms with Crippen molar-refractivity contribution in [3.8, 4) is 5.75 Å². The minimum Gasteiger partial charge on any atom is -0.496 e. The van der Waals surface area contributed by atoms with E-state index in [2.05, 4.69) is 15.9 Å². The quantitative estimate of drug-likeness (QED) is 0.760. The topological polar surface area (TPSA) is 51.5 Å². The molecule has 1 aromatic heterocycles. The third kappa shape index (κ3) is 2.60. The normalized spacial score (nSPS) is 10.8. The fourth-order valence-electron chi connectivity index (χ4n) is 2.60. The Morgan fingerprint density at radius 2 is 2.00 bits per heavy atom. The fraction of sp³-hybridized carbons (Fsp3) is 0.118. The van der Waals surface area contributed by atoms with Crippen molar-refractivity contribution >= 4 is 32.8 Å². The molecule has 0 aliphatic heterocycles. The molecule has 0 unspecified atom stereocenters. The Morgan fingerprint density at radius 1 is 1.23 bits per heavy atom. The lowest BCUT2D eigenvalue weighted by atomic mass is 10.2. The summed E-state index contributed by atoms with van der Waals surface area (Å²) in [5.41, 5.74) is 2.07. The first-order valence-corrected chi connectivity index (χ1v) is 7.53. The van der Waals surface area contributed by atoms with Crippen LogP contribution in [0, 0.1) is 0 Å². The van der Waals surface area contributed by atoms with Gasteiger partial charge < -0.3 is 14.4 Å². The molecular weight excluding hydrogens is 346 g/mol. The Labute approximate surface area is 136 Å². The SMILES string of the molecule is COc1ccc(Br)cc1Cn1c(C(=O)O)cc2ccccc21. The van der Waals surface area contributed by atoms with E-state index in [1.165, 1.54) is 0 Å². The van der Waals surface area contributed by atoms with Gasteiger partial charge in [-0.3, -0.25) is 0 Å². The molecule has 0 bridgehead atoms. The Balaban J connectivity index is 2.16. The second kappa shape index (κ2) is 5.85. The molecular formula is C17H14BrNO3. The van der Waals surface area contributed by atoms with Crippen molar-refractivity contribution < 1.29 is 14.6 Å². The summed E-state index contributed by atoms with van der Waals surface area (Å²) in [6.45, 7) is 0.428. The number of hydrogen-bond donors (Lipinski definition) is 1. The average Bonchev–Trinajstić information content (AvgIpc) is 2.87. The van der Waals surface area contributed by atoms with Crippen LogP contribution in [0.4, 0.5) is 0 Å². The molecule has 1 N–H and O–H groups in total. The Kier molecular flexibility index (Phi) is 3.90. The standard InChI is InChI=1S/C17H14BrNO3/c1-22-16-7-6-13(18)8-12(16)10-19-14-5-3-2-4-11(14)9-15(19)17(20)21/h2-9H,10H2,1H3,(H,20,21). The van der Waals surface area contributed by atoms with Crippen LogP contribution >= 0.6 is 15.9 Å². The van der Waals surface area contributed by atoms with Crippen molar-refractivity contribution in [2.45, 2.75) is 6.54 Å². The molecule has 1 heterocycles. The van der Waals surface area contributed by atoms with Gasteiger partial charge in [-0.25, -0.2) is 4.79 Å². The number of rotatable bonds is 4. The highest BCUT2D eigenvalue weighted by molar-refractivity contribution is 9.10. The number of ether oxygens (including phenoxy) is 1. The van der Waals surface area contributed by atoms with Crippen LogP contribution in [0.3, 0.4) is 0 Å². The summed E-state index contributed by atoms with van der Waals surface area (Å²) in [4.78, 5) is 11.5. The molecule has 5 heteroatoms. The first-order chi connectivity index (χ1) is 10.6. The molecule has 0 aliphatic rings. The van der Waals surface area contributed by atoms with Crippen LogP contribution in [-0.4, -0.2) is 22.8 Å². The predicted octanol–water partition coefficient (Wildman–Crippen LogP) is 4.16. The predicted molar refractivity (Wildman–Crippen MR) is 88.7 cm³/mol. The van der Waals surface area contributed by atoms with E-state index in [0.717, 1.165) is 26.7 Å². The minimum atomic E-state index is -0.940. The van der Waals surface area contributed by atoms with Gasteiger partial charge in [-0.05, 0) is 30.3 Å². The lowest BCUT2D eigenvalue weighted by Crippen LogP contribution is -2.10. The summed E-state index contributed by atoms with van der Waals surface area (Å²) in [5.74, 6) is -0.206. The van der Waals surface area contributed by atoms with Gasteiger partial charge in [0.25, 0.3) is 0 Å². The molecule has 3 aromatic rings. The maximum absolute atomic E-state index is 11.5. The van der Waals surface area contributed by atoms with Crippen molar-refractivity contribution in [3.63, 3.8) is 0 Å². The third-order valence-corrected chi connectivity index (χ3v) is 4.09. The van der Waals surface area contributed by atoms with Gasteiger partial charge in [0.2, 0.25) is 0 Å². The van der Waals surface area contributed by atoms with E-state index < -0.39 is 5.97 Å². The molecule has 22 heavy (non-hydrogen) atoms. The van der Waals surface area contributed by atoms with Crippen LogP contribution in [0.15, 0.2) is 53.0 Å². The molecule has 0 saturated heterocycles. The van der Waals surface area contributed by atoms with Crippen molar-refractivity contribution in [1.82, 2.24) is 4.57 Å². The van der Waals surface area contributed by atoms with Crippen molar-refractivity contribution in [1.29, 1.82) is 0 Å². The highest BCUT2D eigenvalue weighted by atomic mass is 79.9. The molecule has 0 saturated carbocycles. The van der Waals surface area contributed by atoms with Crippen LogP contribution < -0.4 is 4.74 Å². The summed E-state index contributed by atoms with van der Waals surface area (Å²) in [7, 11) is 1.61. The number of aromatic nitrogens is 1. The number of aromatic carboxylic acids is 1. The minimum absolute atomic E-state index is 0.267. The number of halogens is 1. The maximum atomic E-state index is 11.5. The van der Waals surface area contributed by atoms with E-state index in [-0.39, 0.29) is 5.69 Å². The smallest absolute Gasteiger partial charge is 0.352 e. The number of benzene rings is 2. The third-order valence-electron chi connectivity index (χ3n) is 3.60. The average molecular weight is 360 g/mol. The van der Waals surface area contributed by atoms with Gasteiger partial charge in [0.05, 0.1) is 13.7 Å². The number of carboxylic acid groups (broad SMARTS) is 1. The Hall–Kier alpha value is -2.27. The first-order valence-electron chi connectivity index (χ1n) is 6.74. The van der Waals surface area contributed by atoms with Crippen LogP contribution in [0.1, 0.15) is 16.1 Å². The van der Waals surface area contributed by atoms with Crippen molar-refractivity contribution in [2.75, 3.05) is 7.11 Å². The van der Waals surface area contributed by atoms with E-state index in [1.807, 2.05) is 42.5 Å². The van der Waals surface area contributed by atoms with Crippen LogP contribution in [0.2, 0.25) is 0 Å². The van der Waals surface area contributed by atoms with Crippen LogP contribution in [-0.2, 0) is 6.54 Å². The van der Waals surface area contributed by atoms with Gasteiger partial charge in [-0.15, -0.1) is 0 Å². The second-order valence-electron chi connectivity index (χ2n) is 4.94. The molecule has 0 radical (unpaired) electrons. The summed E-state index contributed by atoms with van der Waals surface area (Å²) in [6, 6.07) is 15.0. The molecule has 0 aliphatic carbocycles. The van der Waals surface area contributed by atoms with Crippen molar-refractivity contribution in [2.24, 2.45) is 0 Å². The zero-order valence-electron chi connectivity index (χ0n) is 11.9. The van der Waals surface area contributed by atoms with E-state index in [4.69, 9.17) is 4.74 Å². The van der Waals surface area contributed by atoms with Crippen LogP contribution in [0.25, 0.3) is 10.9 Å². The summed E-state index contributed by atoms with van der Waals surface area (Å²) >= 11 is 3.45. The highest BCUT2D eigenvalue weighted by Crippen LogP contribution is 2.27. The zero-order valence-corrected chi connectivity index (χ0v) is 13.5. The van der Waals surface area contributed by atoms with Gasteiger partial charge in [0.15, 0.2) is 0 Å². The van der Waals surface area contributed by atoms with E-state index >= 15 is 0 Å². The molecule has 3 rings (SSSR count). The maximum Gasteiger partial charge on any atom is 0.352 e. The Bertz CT molecular complexity index is 854. The Morgan fingerprint density at radius 3 is 2.73 bits per heavy atom. The number of methoxy groups -OCH3 is 1. The number of nitrogens with zero attached hydrogens (tertiary/aromatic N) is 1. The first kappa shape index (κ1) is 14.7. The molecule has 112 valence electrons. The van der Waals surface area contributed by atoms with Gasteiger partial charge in [-0.2, -0.15) is 0 Å². The van der Waals surface area contributed by atoms with E-state index in [0.29, 0.717) is 6.54 Å². The number of para-hydroxylation sites is 1. The number of fused-ring (bicyclic) bond motifs is 1. The molecule has 0 fully saturated rings. The monoisotopic (exact) mass is 359 g/mol. The van der Waals surface area contributed by atoms with Gasteiger partial charge in [-0.1, -0.05) is 34.1 Å². The molecule has 4 nitrogen and oxygen atoms in total. The second-order valence-corrected chi connectivity index (χ2v) is 5.85. The summed E-state index contributed by atoms with van der Waals surface area (Å²) < 4.78 is 8.10. The van der Waals surface area contributed by atoms with E-state index in [9.17, 15) is 9.90 Å². The van der Waals surface area contributed by atoms with Crippen molar-refractivity contribution in [3.05, 3.63) is 64.3 Å². The van der Waals surface area contributed by atoms with Gasteiger partial charge >= 0.3 is 5.97 Å². The molecule has 0 amide bonds. The fourth-order valence-corrected chi connectivity index (χ4v) is 3.01. The molecule has 0 atom stereocenters. The highest BCUT2D eigenvalue weighted by Gasteiger charge is 2.16. The molecule has 2 aromatic carbocycles. The summed E-state index contributed by atoms with van der Waals surface area (Å²) in [5, 5.41) is 10.4. The lowest BCUT2D eigenvalue weighted by molar-refractivity contribution is 0.0686. The van der Waals surface area contributed by atoms with Gasteiger partial charge in [0.1, 0.15) is 11.4 Å². The lowest BCUT2D eigenvalue weighted by Gasteiger charge is -2.12. The number of hydrogen-bond acceptors (Lipinski definition) is 2. The largest absolute Gasteiger partial charge is 0.496 e. The number of carboxylic acids is 1.